The molecule has 33 heavy (non-hydrogen) atoms. The number of nitrogens with one attached hydrogen (secondary N) is 1. The van der Waals surface area contributed by atoms with E-state index in [-0.39, 0.29) is 0 Å². The molecule has 0 unspecified atom stereocenters. The number of benzene rings is 1. The lowest BCUT2D eigenvalue weighted by Gasteiger charge is -2.08. The van der Waals surface area contributed by atoms with Crippen LogP contribution in [0.15, 0.2) is 42.7 Å². The SMILES string of the molecule is CCCCCCCCCCCCCCCCNc1ccc(C(=O)Oc2cncc(Cl)c2)cc1. The summed E-state index contributed by atoms with van der Waals surface area (Å²) in [4.78, 5) is 16.1. The highest BCUT2D eigenvalue weighted by molar-refractivity contribution is 6.30. The smallest absolute Gasteiger partial charge is 0.343 e. The Kier molecular flexibility index (Phi) is 14.3. The van der Waals surface area contributed by atoms with E-state index >= 15 is 0 Å². The minimum atomic E-state index is -0.419. The Labute approximate surface area is 205 Å². The van der Waals surface area contributed by atoms with Crippen LogP contribution in [0, 0.1) is 0 Å². The maximum atomic E-state index is 12.2. The molecule has 0 aliphatic heterocycles. The number of aromatic nitrogens is 1. The second kappa shape index (κ2) is 17.4. The van der Waals surface area contributed by atoms with Gasteiger partial charge in [0, 0.05) is 24.5 Å². The van der Waals surface area contributed by atoms with Crippen LogP contribution in [-0.4, -0.2) is 17.5 Å². The number of esters is 1. The molecule has 2 rings (SSSR count). The minimum absolute atomic E-state index is 0.340. The van der Waals surface area contributed by atoms with Crippen molar-refractivity contribution in [2.45, 2.75) is 96.8 Å². The summed E-state index contributed by atoms with van der Waals surface area (Å²) in [6.07, 6.45) is 22.2. The van der Waals surface area contributed by atoms with Crippen LogP contribution in [0.5, 0.6) is 5.75 Å². The fraction of sp³-hybridized carbons (Fsp3) is 0.571. The van der Waals surface area contributed by atoms with Crippen LogP contribution in [0.2, 0.25) is 5.02 Å². The molecule has 0 bridgehead atoms. The Balaban J connectivity index is 1.45. The number of hydrogen-bond donors (Lipinski definition) is 1. The molecule has 1 heterocycles. The van der Waals surface area contributed by atoms with Gasteiger partial charge in [0.05, 0.1) is 16.8 Å². The molecule has 1 aromatic carbocycles. The largest absolute Gasteiger partial charge is 0.421 e. The molecule has 5 heteroatoms. The van der Waals surface area contributed by atoms with Crippen LogP contribution in [0.25, 0.3) is 0 Å². The third kappa shape index (κ3) is 12.7. The van der Waals surface area contributed by atoms with Crippen molar-refractivity contribution in [3.8, 4) is 5.75 Å². The van der Waals surface area contributed by atoms with E-state index in [0.29, 0.717) is 16.3 Å². The predicted octanol–water partition coefficient (Wildman–Crippen LogP) is 8.85. The fourth-order valence-corrected chi connectivity index (χ4v) is 4.05. The monoisotopic (exact) mass is 472 g/mol. The van der Waals surface area contributed by atoms with Gasteiger partial charge in [0.2, 0.25) is 0 Å². The quantitative estimate of drug-likeness (QED) is 0.174. The Morgan fingerprint density at radius 2 is 1.36 bits per heavy atom. The number of unbranched alkanes of at least 4 members (excludes halogenated alkanes) is 13. The number of ether oxygens (including phenoxy) is 1. The first-order chi connectivity index (χ1) is 16.2. The van der Waals surface area contributed by atoms with Crippen molar-refractivity contribution in [2.75, 3.05) is 11.9 Å². The number of carbonyl (C=O) groups excluding carboxylic acids is 1. The molecule has 0 saturated carbocycles. The molecule has 0 atom stereocenters. The molecule has 182 valence electrons. The zero-order valence-electron chi connectivity index (χ0n) is 20.3. The van der Waals surface area contributed by atoms with Gasteiger partial charge in [0.25, 0.3) is 0 Å². The van der Waals surface area contributed by atoms with E-state index in [1.807, 2.05) is 12.1 Å². The van der Waals surface area contributed by atoms with Crippen molar-refractivity contribution in [3.05, 3.63) is 53.3 Å². The normalized spacial score (nSPS) is 10.8. The molecule has 0 amide bonds. The lowest BCUT2D eigenvalue weighted by atomic mass is 10.0. The van der Waals surface area contributed by atoms with Gasteiger partial charge in [-0.3, -0.25) is 4.98 Å². The molecular formula is C28H41ClN2O2. The summed E-state index contributed by atoms with van der Waals surface area (Å²) in [7, 11) is 0. The number of nitrogens with zero attached hydrogens (tertiary/aromatic N) is 1. The van der Waals surface area contributed by atoms with E-state index < -0.39 is 5.97 Å². The average molecular weight is 473 g/mol. The number of hydrogen-bond acceptors (Lipinski definition) is 4. The molecule has 0 saturated heterocycles. The first kappa shape index (κ1) is 27.2. The third-order valence-electron chi connectivity index (χ3n) is 5.87. The number of carbonyl (C=O) groups is 1. The molecule has 2 aromatic rings. The van der Waals surface area contributed by atoms with Crippen LogP contribution in [0.3, 0.4) is 0 Å². The maximum Gasteiger partial charge on any atom is 0.343 e. The first-order valence-corrected chi connectivity index (χ1v) is 13.2. The Morgan fingerprint density at radius 3 is 1.91 bits per heavy atom. The van der Waals surface area contributed by atoms with Crippen LogP contribution < -0.4 is 10.1 Å². The molecular weight excluding hydrogens is 432 g/mol. The van der Waals surface area contributed by atoms with E-state index in [1.165, 1.54) is 102 Å². The van der Waals surface area contributed by atoms with Crippen LogP contribution >= 0.6 is 11.6 Å². The standard InChI is InChI=1S/C28H41ClN2O2/c1-2-3-4-5-6-7-8-9-10-11-12-13-14-15-20-31-26-18-16-24(17-19-26)28(32)33-27-21-25(29)22-30-23-27/h16-19,21-23,31H,2-15,20H2,1H3. The molecule has 0 aliphatic carbocycles. The van der Waals surface area contributed by atoms with Crippen LogP contribution in [0.4, 0.5) is 5.69 Å². The summed E-state index contributed by atoms with van der Waals surface area (Å²) in [5.41, 5.74) is 1.52. The Morgan fingerprint density at radius 1 is 0.818 bits per heavy atom. The molecule has 0 radical (unpaired) electrons. The Bertz CT molecular complexity index is 780. The van der Waals surface area contributed by atoms with Gasteiger partial charge >= 0.3 is 5.97 Å². The number of anilines is 1. The van der Waals surface area contributed by atoms with Crippen molar-refractivity contribution < 1.29 is 9.53 Å². The molecule has 0 aliphatic rings. The van der Waals surface area contributed by atoms with Crippen LogP contribution in [0.1, 0.15) is 107 Å². The lowest BCUT2D eigenvalue weighted by molar-refractivity contribution is 0.0734. The van der Waals surface area contributed by atoms with Crippen molar-refractivity contribution in [2.24, 2.45) is 0 Å². The summed E-state index contributed by atoms with van der Waals surface area (Å²) >= 11 is 5.87. The maximum absolute atomic E-state index is 12.2. The van der Waals surface area contributed by atoms with Gasteiger partial charge in [-0.05, 0) is 30.7 Å². The average Bonchev–Trinajstić information content (AvgIpc) is 2.82. The van der Waals surface area contributed by atoms with Gasteiger partial charge in [-0.1, -0.05) is 102 Å². The summed E-state index contributed by atoms with van der Waals surface area (Å²) < 4.78 is 5.31. The van der Waals surface area contributed by atoms with E-state index in [0.717, 1.165) is 12.2 Å². The van der Waals surface area contributed by atoms with E-state index in [1.54, 1.807) is 18.2 Å². The summed E-state index contributed by atoms with van der Waals surface area (Å²) in [5, 5.41) is 3.87. The van der Waals surface area contributed by atoms with Gasteiger partial charge in [-0.15, -0.1) is 0 Å². The number of halogens is 1. The lowest BCUT2D eigenvalue weighted by Crippen LogP contribution is -2.09. The van der Waals surface area contributed by atoms with Gasteiger partial charge < -0.3 is 10.1 Å². The third-order valence-corrected chi connectivity index (χ3v) is 6.08. The molecule has 1 aromatic heterocycles. The Hall–Kier alpha value is -2.07. The first-order valence-electron chi connectivity index (χ1n) is 12.9. The summed E-state index contributed by atoms with van der Waals surface area (Å²) in [5.74, 6) is -0.0786. The van der Waals surface area contributed by atoms with Crippen molar-refractivity contribution in [1.29, 1.82) is 0 Å². The van der Waals surface area contributed by atoms with Crippen molar-refractivity contribution in [3.63, 3.8) is 0 Å². The topological polar surface area (TPSA) is 51.2 Å². The second-order valence-corrected chi connectivity index (χ2v) is 9.27. The highest BCUT2D eigenvalue weighted by Crippen LogP contribution is 2.18. The van der Waals surface area contributed by atoms with Crippen molar-refractivity contribution >= 4 is 23.3 Å². The van der Waals surface area contributed by atoms with Gasteiger partial charge in [0.15, 0.2) is 5.75 Å². The van der Waals surface area contributed by atoms with E-state index in [2.05, 4.69) is 17.2 Å². The molecule has 0 spiro atoms. The zero-order valence-corrected chi connectivity index (χ0v) is 21.0. The summed E-state index contributed by atoms with van der Waals surface area (Å²) in [6, 6.07) is 8.94. The van der Waals surface area contributed by atoms with Gasteiger partial charge in [-0.2, -0.15) is 0 Å². The minimum Gasteiger partial charge on any atom is -0.421 e. The summed E-state index contributed by atoms with van der Waals surface area (Å²) in [6.45, 7) is 3.23. The zero-order chi connectivity index (χ0) is 23.6. The highest BCUT2D eigenvalue weighted by Gasteiger charge is 2.09. The fourth-order valence-electron chi connectivity index (χ4n) is 3.89. The second-order valence-electron chi connectivity index (χ2n) is 8.83. The number of rotatable bonds is 18. The number of pyridine rings is 1. The molecule has 1 N–H and O–H groups in total. The van der Waals surface area contributed by atoms with Crippen molar-refractivity contribution in [1.82, 2.24) is 4.98 Å². The van der Waals surface area contributed by atoms with Gasteiger partial charge in [-0.25, -0.2) is 4.79 Å². The molecule has 4 nitrogen and oxygen atoms in total. The predicted molar refractivity (Wildman–Crippen MR) is 139 cm³/mol. The van der Waals surface area contributed by atoms with Crippen LogP contribution in [-0.2, 0) is 0 Å². The van der Waals surface area contributed by atoms with E-state index in [9.17, 15) is 4.79 Å². The van der Waals surface area contributed by atoms with E-state index in [4.69, 9.17) is 16.3 Å². The molecule has 0 fully saturated rings. The van der Waals surface area contributed by atoms with Gasteiger partial charge in [0.1, 0.15) is 0 Å². The highest BCUT2D eigenvalue weighted by atomic mass is 35.5.